The molecule has 30 heavy (non-hydrogen) atoms. The number of nitrogens with one attached hydrogen (secondary N) is 2. The van der Waals surface area contributed by atoms with Crippen LogP contribution in [0.4, 0.5) is 23.1 Å². The van der Waals surface area contributed by atoms with Gasteiger partial charge in [0.05, 0.1) is 20.6 Å². The second-order valence-corrected chi connectivity index (χ2v) is 9.51. The molecule has 2 N–H and O–H groups in total. The first-order chi connectivity index (χ1) is 14.3. The molecule has 0 aliphatic rings. The van der Waals surface area contributed by atoms with Gasteiger partial charge in [-0.15, -0.1) is 0 Å². The van der Waals surface area contributed by atoms with E-state index in [1.165, 1.54) is 6.26 Å². The predicted octanol–water partition coefficient (Wildman–Crippen LogP) is 4.50. The van der Waals surface area contributed by atoms with Crippen molar-refractivity contribution in [3.63, 3.8) is 0 Å². The first-order valence-corrected chi connectivity index (χ1v) is 11.8. The van der Waals surface area contributed by atoms with Crippen molar-refractivity contribution in [2.24, 2.45) is 0 Å². The van der Waals surface area contributed by atoms with Gasteiger partial charge < -0.3 is 10.6 Å². The molecule has 4 aromatic rings. The molecule has 0 atom stereocenters. The van der Waals surface area contributed by atoms with Crippen molar-refractivity contribution in [1.29, 1.82) is 0 Å². The minimum Gasteiger partial charge on any atom is -0.338 e. The molecule has 0 unspecified atom stereocenters. The number of benzene rings is 2. The predicted molar refractivity (Wildman–Crippen MR) is 121 cm³/mol. The van der Waals surface area contributed by atoms with Crippen LogP contribution in [0.5, 0.6) is 0 Å². The fourth-order valence-electron chi connectivity index (χ4n) is 2.98. The molecule has 2 aromatic carbocycles. The zero-order valence-electron chi connectivity index (χ0n) is 16.3. The van der Waals surface area contributed by atoms with E-state index < -0.39 is 9.84 Å². The molecule has 0 fully saturated rings. The van der Waals surface area contributed by atoms with Crippen molar-refractivity contribution in [3.8, 4) is 0 Å². The quantitative estimate of drug-likeness (QED) is 0.413. The van der Waals surface area contributed by atoms with Crippen LogP contribution in [0, 0.1) is 0 Å². The number of hydrogen-bond acceptors (Lipinski definition) is 7. The van der Waals surface area contributed by atoms with E-state index in [0.717, 1.165) is 23.1 Å². The Hall–Kier alpha value is -2.98. The molecule has 8 nitrogen and oxygen atoms in total. The summed E-state index contributed by atoms with van der Waals surface area (Å²) < 4.78 is 26.6. The largest absolute Gasteiger partial charge is 0.338 e. The van der Waals surface area contributed by atoms with Crippen molar-refractivity contribution < 1.29 is 8.42 Å². The van der Waals surface area contributed by atoms with E-state index in [9.17, 15) is 8.42 Å². The Morgan fingerprint density at radius 1 is 1.13 bits per heavy atom. The Labute approximate surface area is 182 Å². The van der Waals surface area contributed by atoms with Crippen LogP contribution in [0.2, 0.25) is 0 Å². The maximum atomic E-state index is 12.1. The number of aromatic nitrogens is 4. The summed E-state index contributed by atoms with van der Waals surface area (Å²) in [5.74, 6) is 0.822. The van der Waals surface area contributed by atoms with Crippen LogP contribution >= 0.6 is 15.9 Å². The number of hydrogen-bond donors (Lipinski definition) is 2. The molecule has 0 amide bonds. The van der Waals surface area contributed by atoms with Gasteiger partial charge in [-0.25, -0.2) is 13.4 Å². The van der Waals surface area contributed by atoms with Crippen LogP contribution in [-0.2, 0) is 16.4 Å². The summed E-state index contributed by atoms with van der Waals surface area (Å²) in [5, 5.41) is 11.8. The van der Waals surface area contributed by atoms with Gasteiger partial charge in [-0.3, -0.25) is 4.68 Å². The van der Waals surface area contributed by atoms with Gasteiger partial charge in [0.15, 0.2) is 9.84 Å². The van der Waals surface area contributed by atoms with E-state index in [1.807, 2.05) is 36.0 Å². The van der Waals surface area contributed by atoms with Gasteiger partial charge in [-0.05, 0) is 53.2 Å². The average Bonchev–Trinajstić information content (AvgIpc) is 3.13. The molecule has 0 aliphatic heterocycles. The third-order valence-corrected chi connectivity index (χ3v) is 6.15. The van der Waals surface area contributed by atoms with Gasteiger partial charge >= 0.3 is 0 Å². The van der Waals surface area contributed by atoms with Gasteiger partial charge in [-0.1, -0.05) is 12.1 Å². The average molecular weight is 487 g/mol. The molecule has 0 aliphatic carbocycles. The summed E-state index contributed by atoms with van der Waals surface area (Å²) in [7, 11) is -3.39. The summed E-state index contributed by atoms with van der Waals surface area (Å²) in [4.78, 5) is 8.99. The van der Waals surface area contributed by atoms with Gasteiger partial charge in [-0.2, -0.15) is 10.1 Å². The number of sulfone groups is 1. The molecule has 0 saturated carbocycles. The van der Waals surface area contributed by atoms with E-state index in [4.69, 9.17) is 0 Å². The smallest absolute Gasteiger partial charge is 0.229 e. The van der Waals surface area contributed by atoms with Crippen molar-refractivity contribution in [2.75, 3.05) is 16.9 Å². The maximum Gasteiger partial charge on any atom is 0.229 e. The first kappa shape index (κ1) is 20.3. The van der Waals surface area contributed by atoms with E-state index in [-0.39, 0.29) is 4.90 Å². The second kappa shape index (κ2) is 8.04. The zero-order chi connectivity index (χ0) is 21.3. The number of aryl methyl sites for hydroxylation is 1. The lowest BCUT2D eigenvalue weighted by Gasteiger charge is -2.12. The van der Waals surface area contributed by atoms with Gasteiger partial charge in [0, 0.05) is 36.3 Å². The highest BCUT2D eigenvalue weighted by Crippen LogP contribution is 2.29. The molecule has 10 heteroatoms. The highest BCUT2D eigenvalue weighted by atomic mass is 79.9. The number of anilines is 4. The minimum atomic E-state index is -3.39. The zero-order valence-corrected chi connectivity index (χ0v) is 18.7. The second-order valence-electron chi connectivity index (χ2n) is 6.67. The van der Waals surface area contributed by atoms with E-state index in [1.54, 1.807) is 30.5 Å². The van der Waals surface area contributed by atoms with E-state index >= 15 is 0 Å². The molecule has 154 valence electrons. The molecule has 0 spiro atoms. The molecular weight excluding hydrogens is 468 g/mol. The summed E-state index contributed by atoms with van der Waals surface area (Å²) in [6.07, 6.45) is 4.76. The van der Waals surface area contributed by atoms with E-state index in [0.29, 0.717) is 21.9 Å². The Kier molecular flexibility index (Phi) is 5.44. The molecule has 2 aromatic heterocycles. The third-order valence-electron chi connectivity index (χ3n) is 4.42. The Balaban J connectivity index is 1.63. The molecule has 2 heterocycles. The van der Waals surface area contributed by atoms with Crippen LogP contribution in [0.15, 0.2) is 64.2 Å². The normalized spacial score (nSPS) is 11.6. The number of halogens is 1. The Morgan fingerprint density at radius 2 is 1.93 bits per heavy atom. The lowest BCUT2D eigenvalue weighted by atomic mass is 10.2. The number of nitrogens with zero attached hydrogens (tertiary/aromatic N) is 4. The van der Waals surface area contributed by atoms with Crippen molar-refractivity contribution in [1.82, 2.24) is 19.7 Å². The van der Waals surface area contributed by atoms with Crippen LogP contribution in [0.1, 0.15) is 6.92 Å². The highest BCUT2D eigenvalue weighted by molar-refractivity contribution is 9.10. The van der Waals surface area contributed by atoms with E-state index in [2.05, 4.69) is 41.6 Å². The maximum absolute atomic E-state index is 12.1. The summed E-state index contributed by atoms with van der Waals surface area (Å²) in [6, 6.07) is 12.5. The SMILES string of the molecule is CCn1cc2cc(Nc3ncc(Br)c(Nc4ccccc4S(C)(=O)=O)n3)ccc2n1. The monoisotopic (exact) mass is 486 g/mol. The first-order valence-electron chi connectivity index (χ1n) is 9.16. The fourth-order valence-corrected chi connectivity index (χ4v) is 4.12. The molecule has 0 bridgehead atoms. The number of rotatable bonds is 6. The van der Waals surface area contributed by atoms with Crippen LogP contribution in [-0.4, -0.2) is 34.4 Å². The number of para-hydroxylation sites is 1. The third kappa shape index (κ3) is 4.29. The van der Waals surface area contributed by atoms with Crippen LogP contribution < -0.4 is 10.6 Å². The lowest BCUT2D eigenvalue weighted by molar-refractivity contribution is 0.602. The Morgan fingerprint density at radius 3 is 2.70 bits per heavy atom. The summed E-state index contributed by atoms with van der Waals surface area (Å²) in [6.45, 7) is 2.84. The lowest BCUT2D eigenvalue weighted by Crippen LogP contribution is -2.05. The van der Waals surface area contributed by atoms with Crippen molar-refractivity contribution in [3.05, 3.63) is 59.3 Å². The summed E-state index contributed by atoms with van der Waals surface area (Å²) >= 11 is 3.42. The summed E-state index contributed by atoms with van der Waals surface area (Å²) in [5.41, 5.74) is 2.18. The number of fused-ring (bicyclic) bond motifs is 1. The van der Waals surface area contributed by atoms with Crippen molar-refractivity contribution >= 4 is 59.8 Å². The highest BCUT2D eigenvalue weighted by Gasteiger charge is 2.15. The molecule has 0 radical (unpaired) electrons. The molecule has 4 rings (SSSR count). The minimum absolute atomic E-state index is 0.198. The van der Waals surface area contributed by atoms with Gasteiger partial charge in [0.2, 0.25) is 5.95 Å². The van der Waals surface area contributed by atoms with Crippen LogP contribution in [0.25, 0.3) is 10.9 Å². The Bertz CT molecular complexity index is 1340. The van der Waals surface area contributed by atoms with Gasteiger partial charge in [0.1, 0.15) is 5.82 Å². The van der Waals surface area contributed by atoms with Crippen LogP contribution in [0.3, 0.4) is 0 Å². The topological polar surface area (TPSA) is 102 Å². The van der Waals surface area contributed by atoms with Gasteiger partial charge in [0.25, 0.3) is 0 Å². The molecule has 0 saturated heterocycles. The standard InChI is InChI=1S/C20H19BrN6O2S/c1-3-27-12-13-10-14(8-9-16(13)26-27)23-20-22-11-15(21)19(25-20)24-17-6-4-5-7-18(17)30(2,28)29/h4-12H,3H2,1-2H3,(H2,22,23,24,25). The fraction of sp³-hybridized carbons (Fsp3) is 0.150. The van der Waals surface area contributed by atoms with Crippen molar-refractivity contribution in [2.45, 2.75) is 18.4 Å². The molecular formula is C20H19BrN6O2S.